The molecule has 1 atom stereocenters. The van der Waals surface area contributed by atoms with E-state index in [2.05, 4.69) is 15.6 Å². The Kier molecular flexibility index (Phi) is 3.35. The molecule has 6 heteroatoms. The van der Waals surface area contributed by atoms with Crippen molar-refractivity contribution in [2.45, 2.75) is 32.2 Å². The van der Waals surface area contributed by atoms with Crippen LogP contribution in [0.1, 0.15) is 25.5 Å². The van der Waals surface area contributed by atoms with Crippen LogP contribution in [0.4, 0.5) is 9.93 Å². The zero-order valence-electron chi connectivity index (χ0n) is 9.99. The number of aliphatic hydroxyl groups excluding tert-OH is 1. The van der Waals surface area contributed by atoms with Crippen LogP contribution in [0.2, 0.25) is 0 Å². The molecule has 1 saturated carbocycles. The maximum Gasteiger partial charge on any atom is 0.321 e. The summed E-state index contributed by atoms with van der Waals surface area (Å²) in [7, 11) is 0. The number of aromatic nitrogens is 1. The van der Waals surface area contributed by atoms with Crippen LogP contribution in [0, 0.1) is 12.8 Å². The second kappa shape index (κ2) is 4.62. The molecule has 1 aliphatic rings. The van der Waals surface area contributed by atoms with Crippen LogP contribution >= 0.6 is 11.3 Å². The van der Waals surface area contributed by atoms with E-state index in [9.17, 15) is 9.90 Å². The molecule has 17 heavy (non-hydrogen) atoms. The van der Waals surface area contributed by atoms with Gasteiger partial charge in [0.1, 0.15) is 0 Å². The topological polar surface area (TPSA) is 74.2 Å². The lowest BCUT2D eigenvalue weighted by molar-refractivity contribution is 0.159. The Morgan fingerprint density at radius 2 is 2.41 bits per heavy atom. The second-order valence-electron chi connectivity index (χ2n) is 4.72. The van der Waals surface area contributed by atoms with Crippen LogP contribution in [-0.2, 0) is 0 Å². The number of aryl methyl sites for hydroxylation is 1. The van der Waals surface area contributed by atoms with Gasteiger partial charge in [-0.3, -0.25) is 5.32 Å². The van der Waals surface area contributed by atoms with Crippen molar-refractivity contribution in [3.63, 3.8) is 0 Å². The van der Waals surface area contributed by atoms with Crippen LogP contribution in [0.25, 0.3) is 0 Å². The molecule has 1 unspecified atom stereocenters. The van der Waals surface area contributed by atoms with Gasteiger partial charge in [0, 0.05) is 5.38 Å². The fourth-order valence-corrected chi connectivity index (χ4v) is 2.47. The number of nitrogens with one attached hydrogen (secondary N) is 2. The normalized spacial score (nSPS) is 18.5. The number of urea groups is 1. The maximum atomic E-state index is 11.8. The lowest BCUT2D eigenvalue weighted by Crippen LogP contribution is -2.52. The number of nitrogens with zero attached hydrogens (tertiary/aromatic N) is 1. The molecule has 0 bridgehead atoms. The quantitative estimate of drug-likeness (QED) is 0.767. The van der Waals surface area contributed by atoms with E-state index in [0.717, 1.165) is 18.5 Å². The Morgan fingerprint density at radius 3 is 2.88 bits per heavy atom. The largest absolute Gasteiger partial charge is 0.394 e. The molecule has 1 aromatic heterocycles. The Balaban J connectivity index is 1.92. The molecule has 0 saturated heterocycles. The van der Waals surface area contributed by atoms with Gasteiger partial charge in [0.15, 0.2) is 5.13 Å². The molecule has 1 heterocycles. The SMILES string of the molecule is Cc1csc(NC(=O)NC(C)(CO)C2CC2)n1. The maximum absolute atomic E-state index is 11.8. The Hall–Kier alpha value is -1.14. The smallest absolute Gasteiger partial charge is 0.321 e. The number of anilines is 1. The average Bonchev–Trinajstić information content (AvgIpc) is 3.04. The van der Waals surface area contributed by atoms with Gasteiger partial charge in [-0.15, -0.1) is 11.3 Å². The van der Waals surface area contributed by atoms with Crippen LogP contribution in [0.3, 0.4) is 0 Å². The first-order valence-electron chi connectivity index (χ1n) is 5.65. The van der Waals surface area contributed by atoms with Crippen molar-refractivity contribution >= 4 is 22.5 Å². The first kappa shape index (κ1) is 12.3. The van der Waals surface area contributed by atoms with Gasteiger partial charge in [-0.1, -0.05) is 0 Å². The van der Waals surface area contributed by atoms with E-state index < -0.39 is 5.54 Å². The van der Waals surface area contributed by atoms with E-state index in [1.807, 2.05) is 19.2 Å². The molecule has 0 radical (unpaired) electrons. The Morgan fingerprint density at radius 1 is 1.71 bits per heavy atom. The standard InChI is InChI=1S/C11H17N3O2S/c1-7-5-17-10(12-7)13-9(16)14-11(2,6-15)8-3-4-8/h5,8,15H,3-4,6H2,1-2H3,(H2,12,13,14,16). The van der Waals surface area contributed by atoms with Gasteiger partial charge < -0.3 is 10.4 Å². The number of thiazole rings is 1. The highest BCUT2D eigenvalue weighted by atomic mass is 32.1. The molecule has 1 fully saturated rings. The van der Waals surface area contributed by atoms with Gasteiger partial charge in [-0.25, -0.2) is 9.78 Å². The van der Waals surface area contributed by atoms with Gasteiger partial charge in [0.2, 0.25) is 0 Å². The van der Waals surface area contributed by atoms with Crippen LogP contribution in [-0.4, -0.2) is 28.3 Å². The minimum absolute atomic E-state index is 0.0397. The number of carbonyl (C=O) groups excluding carboxylic acids is 1. The molecule has 2 amide bonds. The predicted molar refractivity (Wildman–Crippen MR) is 67.2 cm³/mol. The first-order chi connectivity index (χ1) is 8.03. The van der Waals surface area contributed by atoms with Crippen molar-refractivity contribution in [3.8, 4) is 0 Å². The molecule has 1 aromatic rings. The number of amides is 2. The van der Waals surface area contributed by atoms with Gasteiger partial charge in [-0.2, -0.15) is 0 Å². The number of aliphatic hydroxyl groups is 1. The minimum atomic E-state index is -0.517. The molecule has 5 nitrogen and oxygen atoms in total. The molecule has 1 aliphatic carbocycles. The molecular formula is C11H17N3O2S. The Bertz CT molecular complexity index is 417. The van der Waals surface area contributed by atoms with Crippen LogP contribution in [0.5, 0.6) is 0 Å². The number of hydrogen-bond donors (Lipinski definition) is 3. The fourth-order valence-electron chi connectivity index (χ4n) is 1.79. The third-order valence-electron chi connectivity index (χ3n) is 3.05. The molecule has 0 aliphatic heterocycles. The number of hydrogen-bond acceptors (Lipinski definition) is 4. The lowest BCUT2D eigenvalue weighted by Gasteiger charge is -2.28. The summed E-state index contributed by atoms with van der Waals surface area (Å²) in [6, 6.07) is -0.303. The van der Waals surface area contributed by atoms with Crippen LogP contribution < -0.4 is 10.6 Å². The zero-order chi connectivity index (χ0) is 12.5. The summed E-state index contributed by atoms with van der Waals surface area (Å²) >= 11 is 1.39. The van der Waals surface area contributed by atoms with E-state index in [0.29, 0.717) is 11.0 Å². The average molecular weight is 255 g/mol. The molecule has 94 valence electrons. The summed E-state index contributed by atoms with van der Waals surface area (Å²) < 4.78 is 0. The van der Waals surface area contributed by atoms with Crippen molar-refractivity contribution in [2.75, 3.05) is 11.9 Å². The molecule has 0 aromatic carbocycles. The van der Waals surface area contributed by atoms with Crippen molar-refractivity contribution in [2.24, 2.45) is 5.92 Å². The summed E-state index contributed by atoms with van der Waals surface area (Å²) in [5.41, 5.74) is 0.369. The lowest BCUT2D eigenvalue weighted by atomic mass is 9.97. The first-order valence-corrected chi connectivity index (χ1v) is 6.53. The summed E-state index contributed by atoms with van der Waals surface area (Å²) in [6.45, 7) is 3.71. The van der Waals surface area contributed by atoms with Crippen LogP contribution in [0.15, 0.2) is 5.38 Å². The van der Waals surface area contributed by atoms with E-state index in [1.54, 1.807) is 0 Å². The van der Waals surface area contributed by atoms with Crippen molar-refractivity contribution in [1.29, 1.82) is 0 Å². The van der Waals surface area contributed by atoms with E-state index >= 15 is 0 Å². The van der Waals surface area contributed by atoms with Gasteiger partial charge >= 0.3 is 6.03 Å². The summed E-state index contributed by atoms with van der Waals surface area (Å²) in [4.78, 5) is 15.9. The number of carbonyl (C=O) groups is 1. The van der Waals surface area contributed by atoms with Crippen molar-refractivity contribution < 1.29 is 9.90 Å². The molecular weight excluding hydrogens is 238 g/mol. The van der Waals surface area contributed by atoms with Gasteiger partial charge in [0.25, 0.3) is 0 Å². The van der Waals surface area contributed by atoms with Crippen molar-refractivity contribution in [3.05, 3.63) is 11.1 Å². The van der Waals surface area contributed by atoms with Gasteiger partial charge in [-0.05, 0) is 32.6 Å². The van der Waals surface area contributed by atoms with E-state index in [4.69, 9.17) is 0 Å². The summed E-state index contributed by atoms with van der Waals surface area (Å²) in [6.07, 6.45) is 2.13. The highest BCUT2D eigenvalue weighted by molar-refractivity contribution is 7.13. The summed E-state index contributed by atoms with van der Waals surface area (Å²) in [5, 5.41) is 17.3. The zero-order valence-corrected chi connectivity index (χ0v) is 10.8. The molecule has 2 rings (SSSR count). The molecule has 3 N–H and O–H groups in total. The third kappa shape index (κ3) is 2.95. The predicted octanol–water partition coefficient (Wildman–Crippen LogP) is 1.73. The Labute approximate surface area is 104 Å². The third-order valence-corrected chi connectivity index (χ3v) is 3.92. The monoisotopic (exact) mass is 255 g/mol. The highest BCUT2D eigenvalue weighted by Gasteiger charge is 2.42. The fraction of sp³-hybridized carbons (Fsp3) is 0.636. The van der Waals surface area contributed by atoms with Gasteiger partial charge in [0.05, 0.1) is 17.8 Å². The summed E-state index contributed by atoms with van der Waals surface area (Å²) in [5.74, 6) is 0.385. The number of rotatable bonds is 4. The van der Waals surface area contributed by atoms with E-state index in [-0.39, 0.29) is 12.6 Å². The second-order valence-corrected chi connectivity index (χ2v) is 5.58. The highest BCUT2D eigenvalue weighted by Crippen LogP contribution is 2.39. The molecule has 0 spiro atoms. The van der Waals surface area contributed by atoms with E-state index in [1.165, 1.54) is 11.3 Å². The minimum Gasteiger partial charge on any atom is -0.394 e. The van der Waals surface area contributed by atoms with Crippen molar-refractivity contribution in [1.82, 2.24) is 10.3 Å².